The van der Waals surface area contributed by atoms with Crippen molar-refractivity contribution < 1.29 is 19.2 Å². The van der Waals surface area contributed by atoms with Gasteiger partial charge in [0.1, 0.15) is 5.75 Å². The minimum atomic E-state index is -0.527. The minimum Gasteiger partial charge on any atom is -0.496 e. The fourth-order valence-electron chi connectivity index (χ4n) is 3.11. The zero-order valence-corrected chi connectivity index (χ0v) is 15.6. The molecule has 0 fully saturated rings. The summed E-state index contributed by atoms with van der Waals surface area (Å²) in [6.45, 7) is 0. The van der Waals surface area contributed by atoms with Crippen LogP contribution in [0.4, 0.5) is 5.69 Å². The molecule has 1 heterocycles. The Balaban J connectivity index is 2.07. The molecular weight excluding hydrogens is 364 g/mol. The Kier molecular flexibility index (Phi) is 5.12. The van der Waals surface area contributed by atoms with E-state index in [0.29, 0.717) is 28.9 Å². The van der Waals surface area contributed by atoms with Gasteiger partial charge >= 0.3 is 5.97 Å². The Morgan fingerprint density at radius 3 is 2.54 bits per heavy atom. The van der Waals surface area contributed by atoms with Crippen LogP contribution in [0.25, 0.3) is 10.9 Å². The number of benzene rings is 2. The van der Waals surface area contributed by atoms with Gasteiger partial charge in [0.15, 0.2) is 5.43 Å². The zero-order valence-electron chi connectivity index (χ0n) is 15.6. The first kappa shape index (κ1) is 19.1. The third kappa shape index (κ3) is 3.44. The molecule has 0 aliphatic heterocycles. The number of ether oxygens (including phenoxy) is 2. The van der Waals surface area contributed by atoms with Gasteiger partial charge in [0.05, 0.1) is 35.6 Å². The van der Waals surface area contributed by atoms with E-state index in [9.17, 15) is 19.7 Å². The molecule has 2 aromatic carbocycles. The molecule has 0 spiro atoms. The number of carbonyl (C=O) groups excluding carboxylic acids is 1. The molecule has 0 aliphatic rings. The van der Waals surface area contributed by atoms with Gasteiger partial charge < -0.3 is 14.0 Å². The van der Waals surface area contributed by atoms with Crippen molar-refractivity contribution in [3.8, 4) is 5.75 Å². The smallest absolute Gasteiger partial charge is 0.337 e. The van der Waals surface area contributed by atoms with Crippen LogP contribution in [0, 0.1) is 10.1 Å². The standard InChI is InChI=1S/C20H18N2O6/c1-21-15(8-12-4-5-13(20(24)28-3)9-19(12)27-2)11-18(23)16-10-14(22(25)26)6-7-17(16)21/h4-7,9-11H,8H2,1-3H3. The summed E-state index contributed by atoms with van der Waals surface area (Å²) in [5, 5.41) is 11.3. The van der Waals surface area contributed by atoms with Crippen molar-refractivity contribution in [1.29, 1.82) is 0 Å². The van der Waals surface area contributed by atoms with Crippen molar-refractivity contribution in [2.75, 3.05) is 14.2 Å². The number of carbonyl (C=O) groups is 1. The predicted octanol–water partition coefficient (Wildman–Crippen LogP) is 2.83. The number of non-ortho nitro benzene ring substituents is 1. The largest absolute Gasteiger partial charge is 0.496 e. The summed E-state index contributed by atoms with van der Waals surface area (Å²) in [5.41, 5.74) is 2.03. The van der Waals surface area contributed by atoms with Crippen molar-refractivity contribution in [3.05, 3.63) is 79.6 Å². The summed E-state index contributed by atoms with van der Waals surface area (Å²) in [6.07, 6.45) is 0.378. The Labute approximate surface area is 160 Å². The van der Waals surface area contributed by atoms with E-state index >= 15 is 0 Å². The van der Waals surface area contributed by atoms with Gasteiger partial charge in [0, 0.05) is 42.9 Å². The van der Waals surface area contributed by atoms with Crippen molar-refractivity contribution in [1.82, 2.24) is 4.57 Å². The molecule has 0 saturated heterocycles. The number of hydrogen-bond acceptors (Lipinski definition) is 6. The lowest BCUT2D eigenvalue weighted by Gasteiger charge is -2.15. The first-order chi connectivity index (χ1) is 13.3. The molecule has 8 heteroatoms. The summed E-state index contributed by atoms with van der Waals surface area (Å²) in [7, 11) is 4.59. The summed E-state index contributed by atoms with van der Waals surface area (Å²) >= 11 is 0. The van der Waals surface area contributed by atoms with Crippen molar-refractivity contribution >= 4 is 22.6 Å². The number of aromatic nitrogens is 1. The van der Waals surface area contributed by atoms with Crippen molar-refractivity contribution in [3.63, 3.8) is 0 Å². The molecule has 1 aromatic heterocycles. The number of aryl methyl sites for hydroxylation is 1. The topological polar surface area (TPSA) is 101 Å². The number of methoxy groups -OCH3 is 2. The first-order valence-electron chi connectivity index (χ1n) is 8.38. The van der Waals surface area contributed by atoms with E-state index in [1.165, 1.54) is 32.4 Å². The van der Waals surface area contributed by atoms with Crippen LogP contribution in [-0.2, 0) is 18.2 Å². The summed E-state index contributed by atoms with van der Waals surface area (Å²) in [4.78, 5) is 34.7. The van der Waals surface area contributed by atoms with E-state index in [1.54, 1.807) is 31.3 Å². The lowest BCUT2D eigenvalue weighted by molar-refractivity contribution is -0.384. The molecule has 3 aromatic rings. The molecule has 3 rings (SSSR count). The van der Waals surface area contributed by atoms with E-state index in [0.717, 1.165) is 5.56 Å². The molecule has 144 valence electrons. The summed E-state index contributed by atoms with van der Waals surface area (Å²) in [6, 6.07) is 10.6. The molecule has 0 unspecified atom stereocenters. The van der Waals surface area contributed by atoms with Crippen LogP contribution < -0.4 is 10.2 Å². The lowest BCUT2D eigenvalue weighted by atomic mass is 10.0. The first-order valence-corrected chi connectivity index (χ1v) is 8.38. The maximum atomic E-state index is 12.5. The number of nitrogens with zero attached hydrogens (tertiary/aromatic N) is 2. The zero-order chi connectivity index (χ0) is 20.4. The van der Waals surface area contributed by atoms with E-state index in [4.69, 9.17) is 9.47 Å². The van der Waals surface area contributed by atoms with Gasteiger partial charge in [0.25, 0.3) is 5.69 Å². The van der Waals surface area contributed by atoms with Crippen LogP contribution in [0.3, 0.4) is 0 Å². The number of esters is 1. The van der Waals surface area contributed by atoms with Crippen molar-refractivity contribution in [2.45, 2.75) is 6.42 Å². The monoisotopic (exact) mass is 382 g/mol. The SMILES string of the molecule is COC(=O)c1ccc(Cc2cc(=O)c3cc([N+](=O)[O-])ccc3n2C)c(OC)c1. The third-order valence-corrected chi connectivity index (χ3v) is 4.63. The number of nitro benzene ring substituents is 1. The van der Waals surface area contributed by atoms with Gasteiger partial charge in [-0.2, -0.15) is 0 Å². The second-order valence-electron chi connectivity index (χ2n) is 6.21. The normalized spacial score (nSPS) is 10.7. The van der Waals surface area contributed by atoms with Gasteiger partial charge in [-0.15, -0.1) is 0 Å². The number of pyridine rings is 1. The van der Waals surface area contributed by atoms with Gasteiger partial charge in [-0.3, -0.25) is 14.9 Å². The molecule has 0 amide bonds. The minimum absolute atomic E-state index is 0.127. The van der Waals surface area contributed by atoms with Gasteiger partial charge in [-0.05, 0) is 18.2 Å². The van der Waals surface area contributed by atoms with Crippen LogP contribution >= 0.6 is 0 Å². The quantitative estimate of drug-likeness (QED) is 0.382. The van der Waals surface area contributed by atoms with E-state index in [2.05, 4.69) is 0 Å². The fourth-order valence-corrected chi connectivity index (χ4v) is 3.11. The summed E-state index contributed by atoms with van der Waals surface area (Å²) < 4.78 is 11.9. The number of fused-ring (bicyclic) bond motifs is 1. The van der Waals surface area contributed by atoms with Crippen LogP contribution in [0.2, 0.25) is 0 Å². The van der Waals surface area contributed by atoms with Crippen molar-refractivity contribution in [2.24, 2.45) is 7.05 Å². The Morgan fingerprint density at radius 1 is 1.14 bits per heavy atom. The van der Waals surface area contributed by atoms with E-state index in [-0.39, 0.29) is 16.5 Å². The fraction of sp³-hybridized carbons (Fsp3) is 0.200. The number of hydrogen-bond donors (Lipinski definition) is 0. The van der Waals surface area contributed by atoms with Gasteiger partial charge in [-0.25, -0.2) is 4.79 Å². The summed E-state index contributed by atoms with van der Waals surface area (Å²) in [5.74, 6) is 0.0312. The predicted molar refractivity (Wildman–Crippen MR) is 103 cm³/mol. The van der Waals surface area contributed by atoms with E-state index in [1.807, 2.05) is 4.57 Å². The van der Waals surface area contributed by atoms with Gasteiger partial charge in [0.2, 0.25) is 0 Å². The van der Waals surface area contributed by atoms with Crippen LogP contribution in [0.5, 0.6) is 5.75 Å². The second-order valence-corrected chi connectivity index (χ2v) is 6.21. The molecule has 0 radical (unpaired) electrons. The second kappa shape index (κ2) is 7.51. The Morgan fingerprint density at radius 2 is 1.89 bits per heavy atom. The molecule has 0 bridgehead atoms. The van der Waals surface area contributed by atoms with Gasteiger partial charge in [-0.1, -0.05) is 6.07 Å². The maximum absolute atomic E-state index is 12.5. The highest BCUT2D eigenvalue weighted by atomic mass is 16.6. The highest BCUT2D eigenvalue weighted by Crippen LogP contribution is 2.25. The molecular formula is C20H18N2O6. The van der Waals surface area contributed by atoms with Crippen LogP contribution in [-0.4, -0.2) is 29.7 Å². The average Bonchev–Trinajstić information content (AvgIpc) is 2.70. The highest BCUT2D eigenvalue weighted by molar-refractivity contribution is 5.90. The molecule has 8 nitrogen and oxygen atoms in total. The molecule has 0 saturated carbocycles. The molecule has 28 heavy (non-hydrogen) atoms. The van der Waals surface area contributed by atoms with E-state index < -0.39 is 10.9 Å². The molecule has 0 aliphatic carbocycles. The average molecular weight is 382 g/mol. The maximum Gasteiger partial charge on any atom is 0.337 e. The molecule has 0 atom stereocenters. The third-order valence-electron chi connectivity index (χ3n) is 4.63. The Hall–Kier alpha value is -3.68. The number of rotatable bonds is 5. The molecule has 0 N–H and O–H groups in total. The van der Waals surface area contributed by atoms with Crippen LogP contribution in [0.15, 0.2) is 47.3 Å². The lowest BCUT2D eigenvalue weighted by Crippen LogP contribution is -2.13. The Bertz CT molecular complexity index is 1150. The highest BCUT2D eigenvalue weighted by Gasteiger charge is 2.15. The van der Waals surface area contributed by atoms with Crippen LogP contribution in [0.1, 0.15) is 21.6 Å². The number of nitro groups is 1.